The number of hydrogen-bond donors (Lipinski definition) is 2. The van der Waals surface area contributed by atoms with Gasteiger partial charge in [-0.2, -0.15) is 0 Å². The molecule has 2 aliphatic heterocycles. The van der Waals surface area contributed by atoms with Gasteiger partial charge in [-0.15, -0.1) is 0 Å². The molecule has 1 aromatic rings. The zero-order valence-corrected chi connectivity index (χ0v) is 10.9. The number of aromatic nitrogens is 1. The predicted octanol–water partition coefficient (Wildman–Crippen LogP) is 1.38. The molecule has 3 heterocycles. The molecule has 2 aliphatic rings. The third-order valence-corrected chi connectivity index (χ3v) is 4.04. The molecule has 0 radical (unpaired) electrons. The molecule has 0 aliphatic carbocycles. The minimum absolute atomic E-state index is 0.155. The monoisotopic (exact) mass is 247 g/mol. The standard InChI is InChI=1S/C14H21N3O/c1-2-3-16-12-5-13-11-4-10(7-15-8-11)9-17(13)14(18)6-12/h5-6,10-11,15-16H,2-4,7-9H2,1H3/t10?,11-/m1/s1. The van der Waals surface area contributed by atoms with E-state index in [2.05, 4.69) is 23.6 Å². The van der Waals surface area contributed by atoms with Crippen molar-refractivity contribution in [2.45, 2.75) is 32.2 Å². The molecule has 18 heavy (non-hydrogen) atoms. The average molecular weight is 247 g/mol. The fourth-order valence-electron chi connectivity index (χ4n) is 3.18. The Hall–Kier alpha value is -1.29. The Balaban J connectivity index is 1.97. The summed E-state index contributed by atoms with van der Waals surface area (Å²) >= 11 is 0. The molecule has 4 nitrogen and oxygen atoms in total. The van der Waals surface area contributed by atoms with Gasteiger partial charge in [-0.25, -0.2) is 0 Å². The van der Waals surface area contributed by atoms with Crippen molar-refractivity contribution in [3.63, 3.8) is 0 Å². The van der Waals surface area contributed by atoms with Crippen molar-refractivity contribution in [1.82, 2.24) is 9.88 Å². The molecule has 98 valence electrons. The molecule has 1 saturated heterocycles. The van der Waals surface area contributed by atoms with E-state index in [1.165, 1.54) is 12.1 Å². The van der Waals surface area contributed by atoms with Crippen LogP contribution in [0.2, 0.25) is 0 Å². The quantitative estimate of drug-likeness (QED) is 0.848. The van der Waals surface area contributed by atoms with Crippen LogP contribution in [0.25, 0.3) is 0 Å². The highest BCUT2D eigenvalue weighted by Crippen LogP contribution is 2.32. The van der Waals surface area contributed by atoms with Gasteiger partial charge in [-0.3, -0.25) is 4.79 Å². The van der Waals surface area contributed by atoms with Crippen molar-refractivity contribution < 1.29 is 0 Å². The molecule has 2 atom stereocenters. The Morgan fingerprint density at radius 1 is 1.44 bits per heavy atom. The number of rotatable bonds is 3. The van der Waals surface area contributed by atoms with E-state index in [0.29, 0.717) is 11.8 Å². The van der Waals surface area contributed by atoms with Gasteiger partial charge in [-0.1, -0.05) is 6.92 Å². The van der Waals surface area contributed by atoms with E-state index in [0.717, 1.165) is 38.3 Å². The first-order valence-electron chi connectivity index (χ1n) is 6.97. The van der Waals surface area contributed by atoms with Gasteiger partial charge in [0.2, 0.25) is 0 Å². The normalized spacial score (nSPS) is 25.6. The van der Waals surface area contributed by atoms with Crippen LogP contribution in [0.5, 0.6) is 0 Å². The van der Waals surface area contributed by atoms with E-state index in [1.807, 2.05) is 4.57 Å². The van der Waals surface area contributed by atoms with Crippen molar-refractivity contribution in [2.75, 3.05) is 25.0 Å². The van der Waals surface area contributed by atoms with Crippen LogP contribution in [0.4, 0.5) is 5.69 Å². The number of pyridine rings is 1. The Labute approximate surface area is 107 Å². The molecule has 2 N–H and O–H groups in total. The van der Waals surface area contributed by atoms with E-state index in [1.54, 1.807) is 6.07 Å². The molecular formula is C14H21N3O. The van der Waals surface area contributed by atoms with Gasteiger partial charge in [0, 0.05) is 43.0 Å². The van der Waals surface area contributed by atoms with Crippen molar-refractivity contribution in [1.29, 1.82) is 0 Å². The lowest BCUT2D eigenvalue weighted by molar-refractivity contribution is 0.257. The van der Waals surface area contributed by atoms with Gasteiger partial charge in [0.1, 0.15) is 0 Å². The van der Waals surface area contributed by atoms with Gasteiger partial charge in [0.15, 0.2) is 0 Å². The highest BCUT2D eigenvalue weighted by Gasteiger charge is 2.30. The summed E-state index contributed by atoms with van der Waals surface area (Å²) in [5.74, 6) is 1.14. The van der Waals surface area contributed by atoms with Crippen molar-refractivity contribution in [2.24, 2.45) is 5.92 Å². The Kier molecular flexibility index (Phi) is 3.12. The second-order valence-electron chi connectivity index (χ2n) is 5.50. The number of nitrogens with one attached hydrogen (secondary N) is 2. The molecule has 4 heteroatoms. The first-order valence-corrected chi connectivity index (χ1v) is 6.97. The highest BCUT2D eigenvalue weighted by molar-refractivity contribution is 5.45. The predicted molar refractivity (Wildman–Crippen MR) is 73.2 cm³/mol. The topological polar surface area (TPSA) is 46.1 Å². The average Bonchev–Trinajstić information content (AvgIpc) is 2.38. The van der Waals surface area contributed by atoms with Gasteiger partial charge < -0.3 is 15.2 Å². The molecule has 1 fully saturated rings. The lowest BCUT2D eigenvalue weighted by Gasteiger charge is -2.37. The van der Waals surface area contributed by atoms with Crippen LogP contribution in [0, 0.1) is 5.92 Å². The second kappa shape index (κ2) is 4.76. The van der Waals surface area contributed by atoms with Crippen molar-refractivity contribution in [3.05, 3.63) is 28.2 Å². The molecule has 1 unspecified atom stereocenters. The van der Waals surface area contributed by atoms with Crippen molar-refractivity contribution in [3.8, 4) is 0 Å². The lowest BCUT2D eigenvalue weighted by atomic mass is 9.84. The summed E-state index contributed by atoms with van der Waals surface area (Å²) in [4.78, 5) is 12.2. The zero-order chi connectivity index (χ0) is 12.5. The lowest BCUT2D eigenvalue weighted by Crippen LogP contribution is -2.44. The van der Waals surface area contributed by atoms with Crippen LogP contribution in [0.3, 0.4) is 0 Å². The van der Waals surface area contributed by atoms with E-state index in [9.17, 15) is 4.79 Å². The molecule has 1 aromatic heterocycles. The Morgan fingerprint density at radius 3 is 3.17 bits per heavy atom. The summed E-state index contributed by atoms with van der Waals surface area (Å²) in [6.07, 6.45) is 2.30. The van der Waals surface area contributed by atoms with Crippen LogP contribution in [0.1, 0.15) is 31.4 Å². The van der Waals surface area contributed by atoms with Gasteiger partial charge >= 0.3 is 0 Å². The van der Waals surface area contributed by atoms with E-state index in [4.69, 9.17) is 0 Å². The zero-order valence-electron chi connectivity index (χ0n) is 10.9. The molecule has 0 amide bonds. The summed E-state index contributed by atoms with van der Waals surface area (Å²) in [6.45, 7) is 6.00. The molecule has 2 bridgehead atoms. The number of fused-ring (bicyclic) bond motifs is 4. The number of anilines is 1. The van der Waals surface area contributed by atoms with Crippen LogP contribution in [-0.4, -0.2) is 24.2 Å². The van der Waals surface area contributed by atoms with Crippen LogP contribution in [-0.2, 0) is 6.54 Å². The van der Waals surface area contributed by atoms with Crippen LogP contribution in [0.15, 0.2) is 16.9 Å². The summed E-state index contributed by atoms with van der Waals surface area (Å²) in [6, 6.07) is 3.92. The van der Waals surface area contributed by atoms with Gasteiger partial charge in [0.05, 0.1) is 0 Å². The van der Waals surface area contributed by atoms with Crippen LogP contribution < -0.4 is 16.2 Å². The molecule has 0 saturated carbocycles. The number of nitrogens with zero attached hydrogens (tertiary/aromatic N) is 1. The summed E-state index contributed by atoms with van der Waals surface area (Å²) in [5, 5.41) is 6.80. The molecule has 0 aromatic carbocycles. The first-order chi connectivity index (χ1) is 8.78. The third kappa shape index (κ3) is 2.05. The van der Waals surface area contributed by atoms with E-state index in [-0.39, 0.29) is 5.56 Å². The largest absolute Gasteiger partial charge is 0.385 e. The molecule has 0 spiro atoms. The maximum absolute atomic E-state index is 12.2. The number of piperidine rings is 1. The minimum atomic E-state index is 0.155. The fourth-order valence-corrected chi connectivity index (χ4v) is 3.18. The summed E-state index contributed by atoms with van der Waals surface area (Å²) < 4.78 is 1.98. The molecular weight excluding hydrogens is 226 g/mol. The maximum atomic E-state index is 12.2. The van der Waals surface area contributed by atoms with Gasteiger partial charge in [0.25, 0.3) is 5.56 Å². The van der Waals surface area contributed by atoms with Gasteiger partial charge in [-0.05, 0) is 31.4 Å². The molecule has 3 rings (SSSR count). The summed E-state index contributed by atoms with van der Waals surface area (Å²) in [5.41, 5.74) is 2.35. The number of hydrogen-bond acceptors (Lipinski definition) is 3. The summed E-state index contributed by atoms with van der Waals surface area (Å²) in [7, 11) is 0. The van der Waals surface area contributed by atoms with Crippen molar-refractivity contribution >= 4 is 5.69 Å². The minimum Gasteiger partial charge on any atom is -0.385 e. The third-order valence-electron chi connectivity index (χ3n) is 4.04. The SMILES string of the molecule is CCCNc1cc2n(c(=O)c1)CC1CNC[C@H]2C1. The first kappa shape index (κ1) is 11.8. The Morgan fingerprint density at radius 2 is 2.33 bits per heavy atom. The fraction of sp³-hybridized carbons (Fsp3) is 0.643. The van der Waals surface area contributed by atoms with E-state index >= 15 is 0 Å². The maximum Gasteiger partial charge on any atom is 0.252 e. The highest BCUT2D eigenvalue weighted by atomic mass is 16.1. The smallest absolute Gasteiger partial charge is 0.252 e. The Bertz CT molecular complexity index is 494. The van der Waals surface area contributed by atoms with E-state index < -0.39 is 0 Å². The van der Waals surface area contributed by atoms with Crippen LogP contribution >= 0.6 is 0 Å². The second-order valence-corrected chi connectivity index (χ2v) is 5.50.